The highest BCUT2D eigenvalue weighted by Gasteiger charge is 2.22. The molecule has 5 heteroatoms. The topological polar surface area (TPSA) is 18.5 Å². The van der Waals surface area contributed by atoms with E-state index in [0.29, 0.717) is 30.3 Å². The number of alkyl halides is 1. The van der Waals surface area contributed by atoms with Crippen molar-refractivity contribution in [1.29, 1.82) is 0 Å². The molecule has 1 heterocycles. The summed E-state index contributed by atoms with van der Waals surface area (Å²) >= 11 is 9.96. The number of benzene rings is 2. The van der Waals surface area contributed by atoms with Gasteiger partial charge in [0, 0.05) is 10.0 Å². The van der Waals surface area contributed by atoms with Gasteiger partial charge >= 0.3 is 0 Å². The minimum absolute atomic E-state index is 0.317. The van der Waals surface area contributed by atoms with E-state index in [1.807, 2.05) is 13.0 Å². The van der Waals surface area contributed by atoms with Crippen molar-refractivity contribution >= 4 is 27.5 Å². The molecule has 2 aromatic rings. The molecule has 0 aliphatic carbocycles. The lowest BCUT2D eigenvalue weighted by Crippen LogP contribution is -2.15. The molecule has 0 amide bonds. The summed E-state index contributed by atoms with van der Waals surface area (Å²) in [7, 11) is 0. The van der Waals surface area contributed by atoms with Crippen molar-refractivity contribution in [3.63, 3.8) is 0 Å². The van der Waals surface area contributed by atoms with Gasteiger partial charge in [-0.2, -0.15) is 0 Å². The van der Waals surface area contributed by atoms with Crippen LogP contribution in [0.25, 0.3) is 0 Å². The quantitative estimate of drug-likeness (QED) is 0.692. The zero-order valence-corrected chi connectivity index (χ0v) is 13.7. The van der Waals surface area contributed by atoms with Gasteiger partial charge < -0.3 is 9.47 Å². The van der Waals surface area contributed by atoms with Crippen LogP contribution in [0.1, 0.15) is 22.1 Å². The highest BCUT2D eigenvalue weighted by Crippen LogP contribution is 2.42. The third-order valence-electron chi connectivity index (χ3n) is 3.36. The Morgan fingerprint density at radius 1 is 1.10 bits per heavy atom. The molecule has 0 bridgehead atoms. The first-order valence-corrected chi connectivity index (χ1v) is 7.78. The maximum Gasteiger partial charge on any atom is 0.162 e. The van der Waals surface area contributed by atoms with Gasteiger partial charge in [-0.05, 0) is 30.7 Å². The smallest absolute Gasteiger partial charge is 0.162 e. The zero-order chi connectivity index (χ0) is 15.0. The van der Waals surface area contributed by atoms with Crippen LogP contribution in [0.5, 0.6) is 11.5 Å². The molecule has 110 valence electrons. The monoisotopic (exact) mass is 370 g/mol. The molecule has 1 aliphatic heterocycles. The Kier molecular flexibility index (Phi) is 4.09. The van der Waals surface area contributed by atoms with Crippen molar-refractivity contribution in [1.82, 2.24) is 0 Å². The van der Waals surface area contributed by atoms with Crippen molar-refractivity contribution in [3.05, 3.63) is 57.3 Å². The molecule has 0 N–H and O–H groups in total. The summed E-state index contributed by atoms with van der Waals surface area (Å²) in [4.78, 5) is 0. The van der Waals surface area contributed by atoms with Crippen molar-refractivity contribution in [3.8, 4) is 11.5 Å². The highest BCUT2D eigenvalue weighted by atomic mass is 79.9. The van der Waals surface area contributed by atoms with E-state index in [-0.39, 0.29) is 5.82 Å². The van der Waals surface area contributed by atoms with E-state index in [4.69, 9.17) is 21.1 Å². The van der Waals surface area contributed by atoms with Crippen LogP contribution >= 0.6 is 27.5 Å². The Morgan fingerprint density at radius 3 is 2.48 bits per heavy atom. The maximum atomic E-state index is 14.0. The SMILES string of the molecule is Cc1ccc(F)c(C(Cl)c2cc3c(cc2Br)OCCO3)c1. The number of fused-ring (bicyclic) bond motifs is 1. The summed E-state index contributed by atoms with van der Waals surface area (Å²) in [6.45, 7) is 2.93. The van der Waals surface area contributed by atoms with Crippen molar-refractivity contribution in [2.24, 2.45) is 0 Å². The number of aryl methyl sites for hydroxylation is 1. The molecule has 2 aromatic carbocycles. The third-order valence-corrected chi connectivity index (χ3v) is 4.52. The van der Waals surface area contributed by atoms with Crippen LogP contribution in [-0.4, -0.2) is 13.2 Å². The molecule has 0 saturated carbocycles. The average molecular weight is 372 g/mol. The normalized spacial score (nSPS) is 14.9. The summed E-state index contributed by atoms with van der Waals surface area (Å²) in [5.41, 5.74) is 2.17. The van der Waals surface area contributed by atoms with E-state index in [0.717, 1.165) is 15.6 Å². The van der Waals surface area contributed by atoms with Crippen LogP contribution in [0.2, 0.25) is 0 Å². The van der Waals surface area contributed by atoms with Gasteiger partial charge in [0.2, 0.25) is 0 Å². The second-order valence-electron chi connectivity index (χ2n) is 4.90. The summed E-state index contributed by atoms with van der Waals surface area (Å²) < 4.78 is 25.9. The molecule has 3 rings (SSSR count). The van der Waals surface area contributed by atoms with E-state index in [2.05, 4.69) is 15.9 Å². The third kappa shape index (κ3) is 2.87. The Morgan fingerprint density at radius 2 is 1.76 bits per heavy atom. The van der Waals surface area contributed by atoms with Crippen LogP contribution in [0.3, 0.4) is 0 Å². The first-order valence-electron chi connectivity index (χ1n) is 6.55. The molecule has 1 unspecified atom stereocenters. The van der Waals surface area contributed by atoms with Gasteiger partial charge in [0.25, 0.3) is 0 Å². The number of hydrogen-bond acceptors (Lipinski definition) is 2. The second-order valence-corrected chi connectivity index (χ2v) is 6.20. The van der Waals surface area contributed by atoms with E-state index in [9.17, 15) is 4.39 Å². The van der Waals surface area contributed by atoms with Gasteiger partial charge in [0.15, 0.2) is 11.5 Å². The predicted octanol–water partition coefficient (Wildman–Crippen LogP) is 5.00. The lowest BCUT2D eigenvalue weighted by molar-refractivity contribution is 0.171. The summed E-state index contributed by atoms with van der Waals surface area (Å²) in [6.07, 6.45) is 0. The van der Waals surface area contributed by atoms with Gasteiger partial charge in [-0.1, -0.05) is 33.6 Å². The van der Waals surface area contributed by atoms with E-state index < -0.39 is 5.38 Å². The Hall–Kier alpha value is -1.26. The molecule has 0 fully saturated rings. The fourth-order valence-corrected chi connectivity index (χ4v) is 3.33. The first kappa shape index (κ1) is 14.7. The lowest BCUT2D eigenvalue weighted by Gasteiger charge is -2.21. The predicted molar refractivity (Wildman–Crippen MR) is 84.0 cm³/mol. The second kappa shape index (κ2) is 5.85. The van der Waals surface area contributed by atoms with E-state index >= 15 is 0 Å². The van der Waals surface area contributed by atoms with Crippen LogP contribution < -0.4 is 9.47 Å². The minimum Gasteiger partial charge on any atom is -0.486 e. The van der Waals surface area contributed by atoms with Crippen molar-refractivity contribution < 1.29 is 13.9 Å². The van der Waals surface area contributed by atoms with Gasteiger partial charge in [-0.15, -0.1) is 11.6 Å². The largest absolute Gasteiger partial charge is 0.486 e. The van der Waals surface area contributed by atoms with Crippen molar-refractivity contribution in [2.45, 2.75) is 12.3 Å². The molecule has 21 heavy (non-hydrogen) atoms. The van der Waals surface area contributed by atoms with Crippen LogP contribution in [0, 0.1) is 12.7 Å². The summed E-state index contributed by atoms with van der Waals surface area (Å²) in [5, 5.41) is -0.602. The summed E-state index contributed by atoms with van der Waals surface area (Å²) in [5.74, 6) is 0.992. The molecule has 0 spiro atoms. The van der Waals surface area contributed by atoms with Gasteiger partial charge in [0.1, 0.15) is 19.0 Å². The van der Waals surface area contributed by atoms with Crippen LogP contribution in [0.15, 0.2) is 34.8 Å². The number of ether oxygens (including phenoxy) is 2. The van der Waals surface area contributed by atoms with Crippen LogP contribution in [0.4, 0.5) is 4.39 Å². The standard InChI is InChI=1S/C16H13BrClFO2/c1-9-2-3-13(19)11(6-9)16(18)10-7-14-15(8-12(10)17)21-5-4-20-14/h2-3,6-8,16H,4-5H2,1H3. The Bertz CT molecular complexity index is 690. The molecule has 0 saturated heterocycles. The van der Waals surface area contributed by atoms with Crippen molar-refractivity contribution in [2.75, 3.05) is 13.2 Å². The molecule has 0 radical (unpaired) electrons. The molecular weight excluding hydrogens is 359 g/mol. The van der Waals surface area contributed by atoms with Gasteiger partial charge in [0.05, 0.1) is 5.38 Å². The number of rotatable bonds is 2. The number of hydrogen-bond donors (Lipinski definition) is 0. The fourth-order valence-electron chi connectivity index (χ4n) is 2.30. The molecule has 1 atom stereocenters. The Balaban J connectivity index is 2.05. The lowest BCUT2D eigenvalue weighted by atomic mass is 10.0. The molecule has 1 aliphatic rings. The van der Waals surface area contributed by atoms with E-state index in [1.165, 1.54) is 6.07 Å². The zero-order valence-electron chi connectivity index (χ0n) is 11.3. The Labute approximate surface area is 136 Å². The number of halogens is 3. The maximum absolute atomic E-state index is 14.0. The fraction of sp³-hybridized carbons (Fsp3) is 0.250. The average Bonchev–Trinajstić information content (AvgIpc) is 2.48. The minimum atomic E-state index is -0.602. The van der Waals surface area contributed by atoms with Gasteiger partial charge in [-0.25, -0.2) is 4.39 Å². The summed E-state index contributed by atoms with van der Waals surface area (Å²) in [6, 6.07) is 8.54. The van der Waals surface area contributed by atoms with Gasteiger partial charge in [-0.3, -0.25) is 0 Å². The van der Waals surface area contributed by atoms with E-state index in [1.54, 1.807) is 18.2 Å². The first-order chi connectivity index (χ1) is 10.1. The highest BCUT2D eigenvalue weighted by molar-refractivity contribution is 9.10. The molecule has 2 nitrogen and oxygen atoms in total. The van der Waals surface area contributed by atoms with Crippen LogP contribution in [-0.2, 0) is 0 Å². The molecule has 0 aromatic heterocycles. The molecular formula is C16H13BrClFO2.